The number of aromatic amines is 2. The SMILES string of the molecule is COC1[C@@H](COP(=O)(O)OP(=O)(O)OP(=O)(O)OC[C@H]2O[C@@H](n3c[n+](C)c4c(=O)[nH]c(N)nc43)[C@H]3OC(c4ccccc4)OC23)O[C@@H](n2cnc3c(=O)[nH]c(C)nc32)[C@H]1O. The number of aryl methyl sites for hydroxylation is 2. The second-order valence-corrected chi connectivity index (χ2v) is 18.3. The van der Waals surface area contributed by atoms with Crippen molar-refractivity contribution >= 4 is 51.7 Å². The minimum absolute atomic E-state index is 0.0472. The largest absolute Gasteiger partial charge is 0.490 e. The number of aliphatic hydroxyl groups excluding tert-OH is 1. The van der Waals surface area contributed by atoms with Crippen LogP contribution in [0.1, 0.15) is 30.1 Å². The first-order chi connectivity index (χ1) is 28.3. The molecule has 4 aromatic heterocycles. The molecular formula is C30H37N9O18P3+. The number of fused-ring (bicyclic) bond motifs is 3. The van der Waals surface area contributed by atoms with Crippen molar-refractivity contribution in [2.45, 2.75) is 62.3 Å². The zero-order valence-corrected chi connectivity index (χ0v) is 33.9. The molecule has 3 fully saturated rings. The third kappa shape index (κ3) is 8.29. The normalized spacial score (nSPS) is 29.8. The summed E-state index contributed by atoms with van der Waals surface area (Å²) < 4.78 is 90.8. The lowest BCUT2D eigenvalue weighted by Crippen LogP contribution is -2.35. The molecule has 3 aliphatic rings. The van der Waals surface area contributed by atoms with Crippen LogP contribution in [0.4, 0.5) is 5.95 Å². The zero-order chi connectivity index (χ0) is 42.9. The average Bonchev–Trinajstić information content (AvgIpc) is 3.97. The number of rotatable bonds is 14. The Bertz CT molecular complexity index is 2690. The number of anilines is 1. The Labute approximate surface area is 335 Å². The van der Waals surface area contributed by atoms with Gasteiger partial charge in [0.2, 0.25) is 18.5 Å². The summed E-state index contributed by atoms with van der Waals surface area (Å²) in [6, 6.07) is 8.75. The van der Waals surface area contributed by atoms with Gasteiger partial charge in [-0.2, -0.15) is 18.2 Å². The van der Waals surface area contributed by atoms with E-state index in [1.807, 2.05) is 0 Å². The molecule has 60 heavy (non-hydrogen) atoms. The molecule has 0 radical (unpaired) electrons. The van der Waals surface area contributed by atoms with E-state index in [1.165, 1.54) is 40.4 Å². The summed E-state index contributed by atoms with van der Waals surface area (Å²) in [7, 11) is -14.4. The van der Waals surface area contributed by atoms with E-state index < -0.39 is 103 Å². The van der Waals surface area contributed by atoms with Gasteiger partial charge in [0.15, 0.2) is 29.8 Å². The van der Waals surface area contributed by atoms with Crippen LogP contribution in [0.2, 0.25) is 0 Å². The van der Waals surface area contributed by atoms with Gasteiger partial charge >= 0.3 is 29.0 Å². The molecule has 3 saturated heterocycles. The van der Waals surface area contributed by atoms with E-state index in [0.29, 0.717) is 5.56 Å². The van der Waals surface area contributed by atoms with Crippen molar-refractivity contribution in [3.63, 3.8) is 0 Å². The minimum Gasteiger partial charge on any atom is -0.386 e. The zero-order valence-electron chi connectivity index (χ0n) is 31.3. The van der Waals surface area contributed by atoms with E-state index in [0.717, 1.165) is 0 Å². The number of nitrogens with two attached hydrogens (primary N) is 1. The summed E-state index contributed by atoms with van der Waals surface area (Å²) in [5, 5.41) is 11.0. The van der Waals surface area contributed by atoms with Crippen LogP contribution in [-0.2, 0) is 62.1 Å². The monoisotopic (exact) mass is 904 g/mol. The molecule has 8 N–H and O–H groups in total. The number of phosphoric acid groups is 3. The van der Waals surface area contributed by atoms with Gasteiger partial charge in [0.25, 0.3) is 16.7 Å². The van der Waals surface area contributed by atoms with Gasteiger partial charge in [-0.05, 0) is 6.92 Å². The molecule has 12 atom stereocenters. The fourth-order valence-electron chi connectivity index (χ4n) is 7.17. The first kappa shape index (κ1) is 42.6. The summed E-state index contributed by atoms with van der Waals surface area (Å²) in [4.78, 5) is 73.4. The highest BCUT2D eigenvalue weighted by molar-refractivity contribution is 7.66. The molecule has 0 saturated carbocycles. The van der Waals surface area contributed by atoms with Crippen LogP contribution < -0.4 is 21.4 Å². The predicted molar refractivity (Wildman–Crippen MR) is 196 cm³/mol. The first-order valence-electron chi connectivity index (χ1n) is 17.6. The van der Waals surface area contributed by atoms with Crippen molar-refractivity contribution in [1.29, 1.82) is 0 Å². The first-order valence-corrected chi connectivity index (χ1v) is 22.1. The Balaban J connectivity index is 0.926. The summed E-state index contributed by atoms with van der Waals surface area (Å²) in [5.74, 6) is 0.0464. The molecule has 0 aliphatic carbocycles. The smallest absolute Gasteiger partial charge is 0.386 e. The van der Waals surface area contributed by atoms with Crippen LogP contribution in [0.3, 0.4) is 0 Å². The summed E-state index contributed by atoms with van der Waals surface area (Å²) >= 11 is 0. The quantitative estimate of drug-likeness (QED) is 0.0550. The number of aliphatic hydroxyl groups is 1. The maximum absolute atomic E-state index is 13.0. The highest BCUT2D eigenvalue weighted by atomic mass is 31.3. The van der Waals surface area contributed by atoms with E-state index in [4.69, 9.17) is 38.5 Å². The highest BCUT2D eigenvalue weighted by Crippen LogP contribution is 2.68. The molecule has 7 heterocycles. The fourth-order valence-corrected chi connectivity index (χ4v) is 10.7. The topological polar surface area (TPSA) is 359 Å². The fraction of sp³-hybridized carbons (Fsp3) is 0.467. The van der Waals surface area contributed by atoms with Crippen LogP contribution in [0.25, 0.3) is 22.3 Å². The second-order valence-electron chi connectivity index (χ2n) is 13.7. The minimum atomic E-state index is -5.95. The van der Waals surface area contributed by atoms with Gasteiger partial charge < -0.3 is 54.2 Å². The molecule has 27 nitrogen and oxygen atoms in total. The number of nitrogens with one attached hydrogen (secondary N) is 2. The molecule has 0 spiro atoms. The van der Waals surface area contributed by atoms with Gasteiger partial charge in [-0.25, -0.2) is 28.2 Å². The van der Waals surface area contributed by atoms with Crippen molar-refractivity contribution < 1.29 is 79.4 Å². The number of imidazole rings is 2. The highest BCUT2D eigenvalue weighted by Gasteiger charge is 2.57. The number of aromatic nitrogens is 8. The third-order valence-corrected chi connectivity index (χ3v) is 13.9. The maximum atomic E-state index is 13.0. The number of methoxy groups -OCH3 is 1. The van der Waals surface area contributed by atoms with E-state index in [2.05, 4.69) is 33.5 Å². The predicted octanol–water partition coefficient (Wildman–Crippen LogP) is -0.406. The van der Waals surface area contributed by atoms with Crippen molar-refractivity contribution in [1.82, 2.24) is 34.1 Å². The lowest BCUT2D eigenvalue weighted by molar-refractivity contribution is -0.646. The summed E-state index contributed by atoms with van der Waals surface area (Å²) in [6.07, 6.45) is -7.94. The number of hydrogen-bond donors (Lipinski definition) is 7. The van der Waals surface area contributed by atoms with Gasteiger partial charge in [-0.15, -0.1) is 0 Å². The van der Waals surface area contributed by atoms with E-state index in [-0.39, 0.29) is 34.1 Å². The molecule has 6 unspecified atom stereocenters. The molecule has 5 aromatic rings. The Morgan fingerprint density at radius 2 is 1.50 bits per heavy atom. The standard InChI is InChI=1S/C30H36N9O18P3/c1-13-33-23-17(25(41)34-13)32-11-38(23)27-19(40)20(49-3)15(52-27)9-50-58(43,44)56-60(47,48)57-59(45,46)51-10-16-21-22(55-29(54-21)14-7-5-4-6-8-14)28(53-16)39-12-37(2)18-24(39)35-30(31)36-26(18)42/h4-8,11-12,15-16,19-22,27-29,40H,9-10H2,1-3H3,(H6-,31,33,34,35,36,41,42,43,44,45,46,47,48)/p+1/t15-,16-,19+,20?,21?,22+,27-,28-,29?/m1/s1. The maximum Gasteiger partial charge on any atom is 0.490 e. The lowest BCUT2D eigenvalue weighted by Gasteiger charge is -2.22. The van der Waals surface area contributed by atoms with Gasteiger partial charge in [0.05, 0.1) is 26.6 Å². The number of phosphoric ester groups is 2. The number of nitrogens with zero attached hydrogens (tertiary/aromatic N) is 6. The van der Waals surface area contributed by atoms with E-state index >= 15 is 0 Å². The molecule has 324 valence electrons. The lowest BCUT2D eigenvalue weighted by atomic mass is 10.1. The van der Waals surface area contributed by atoms with Gasteiger partial charge in [0.1, 0.15) is 36.3 Å². The Morgan fingerprint density at radius 3 is 2.18 bits per heavy atom. The summed E-state index contributed by atoms with van der Waals surface area (Å²) in [5.41, 5.74) is 5.55. The van der Waals surface area contributed by atoms with Crippen molar-refractivity contribution in [3.8, 4) is 0 Å². The number of ether oxygens (including phenoxy) is 5. The average molecular weight is 905 g/mol. The molecule has 1 aromatic carbocycles. The van der Waals surface area contributed by atoms with Crippen LogP contribution in [-0.4, -0.2) is 111 Å². The van der Waals surface area contributed by atoms with Crippen molar-refractivity contribution in [3.05, 3.63) is 75.1 Å². The Morgan fingerprint density at radius 1 is 0.850 bits per heavy atom. The molecule has 30 heteroatoms. The Kier molecular flexibility index (Phi) is 11.3. The van der Waals surface area contributed by atoms with Crippen molar-refractivity contribution in [2.75, 3.05) is 26.1 Å². The van der Waals surface area contributed by atoms with E-state index in [1.54, 1.807) is 37.4 Å². The van der Waals surface area contributed by atoms with Crippen LogP contribution in [0.5, 0.6) is 0 Å². The third-order valence-electron chi connectivity index (χ3n) is 9.61. The number of H-pyrrole nitrogens is 2. The van der Waals surface area contributed by atoms with E-state index in [9.17, 15) is 43.1 Å². The molecule has 0 bridgehead atoms. The van der Waals surface area contributed by atoms with Crippen LogP contribution in [0.15, 0.2) is 52.6 Å². The number of nitrogen functional groups attached to an aromatic ring is 1. The number of benzene rings is 1. The van der Waals surface area contributed by atoms with Crippen LogP contribution in [0, 0.1) is 6.92 Å². The molecular weight excluding hydrogens is 867 g/mol. The Hall–Kier alpha value is -4.11. The van der Waals surface area contributed by atoms with Crippen molar-refractivity contribution in [2.24, 2.45) is 7.05 Å². The molecule has 8 rings (SSSR count). The number of hydrogen-bond acceptors (Lipinski definition) is 19. The van der Waals surface area contributed by atoms with Gasteiger partial charge in [0, 0.05) is 12.7 Å². The molecule has 3 aliphatic heterocycles. The van der Waals surface area contributed by atoms with Crippen LogP contribution >= 0.6 is 23.5 Å². The second kappa shape index (κ2) is 16.0. The summed E-state index contributed by atoms with van der Waals surface area (Å²) in [6.45, 7) is -0.236. The van der Waals surface area contributed by atoms with Gasteiger partial charge in [-0.3, -0.25) is 28.2 Å². The van der Waals surface area contributed by atoms with Gasteiger partial charge in [-0.1, -0.05) is 30.3 Å². The molecule has 0 amide bonds.